The van der Waals surface area contributed by atoms with E-state index in [0.29, 0.717) is 13.2 Å². The van der Waals surface area contributed by atoms with Gasteiger partial charge >= 0.3 is 5.97 Å². The Bertz CT molecular complexity index is 492. The number of anilines is 1. The highest BCUT2D eigenvalue weighted by atomic mass is 16.5. The van der Waals surface area contributed by atoms with Gasteiger partial charge in [0, 0.05) is 18.8 Å². The zero-order valence-corrected chi connectivity index (χ0v) is 12.2. The second kappa shape index (κ2) is 7.22. The van der Waals surface area contributed by atoms with Gasteiger partial charge in [-0.05, 0) is 31.9 Å². The summed E-state index contributed by atoms with van der Waals surface area (Å²) in [6.07, 6.45) is 1.61. The van der Waals surface area contributed by atoms with Crippen LogP contribution in [-0.4, -0.2) is 36.7 Å². The maximum atomic E-state index is 12.6. The highest BCUT2D eigenvalue weighted by Gasteiger charge is 2.27. The molecule has 0 aromatic heterocycles. The second-order valence-electron chi connectivity index (χ2n) is 5.38. The summed E-state index contributed by atoms with van der Waals surface area (Å²) in [5.41, 5.74) is 1.85. The van der Waals surface area contributed by atoms with Gasteiger partial charge in [0.15, 0.2) is 0 Å². The minimum absolute atomic E-state index is 0.0418. The fourth-order valence-corrected chi connectivity index (χ4v) is 2.45. The van der Waals surface area contributed by atoms with Gasteiger partial charge in [0.1, 0.15) is 0 Å². The number of rotatable bonds is 5. The predicted molar refractivity (Wildman–Crippen MR) is 79.3 cm³/mol. The summed E-state index contributed by atoms with van der Waals surface area (Å²) in [5.74, 6) is -1.12. The molecule has 1 N–H and O–H groups in total. The molecule has 0 radical (unpaired) electrons. The monoisotopic (exact) mass is 291 g/mol. The quantitative estimate of drug-likeness (QED) is 0.903. The molecule has 1 atom stereocenters. The molecule has 1 aliphatic heterocycles. The van der Waals surface area contributed by atoms with Crippen molar-refractivity contribution in [3.05, 3.63) is 29.8 Å². The van der Waals surface area contributed by atoms with E-state index in [9.17, 15) is 9.59 Å². The van der Waals surface area contributed by atoms with Gasteiger partial charge in [-0.3, -0.25) is 9.59 Å². The van der Waals surface area contributed by atoms with E-state index in [1.54, 1.807) is 4.90 Å². The number of carboxylic acids is 1. The molecular weight excluding hydrogens is 270 g/mol. The highest BCUT2D eigenvalue weighted by molar-refractivity contribution is 5.95. The van der Waals surface area contributed by atoms with E-state index < -0.39 is 5.97 Å². The molecule has 1 aromatic carbocycles. The van der Waals surface area contributed by atoms with Crippen molar-refractivity contribution < 1.29 is 19.4 Å². The van der Waals surface area contributed by atoms with Crippen LogP contribution in [0.2, 0.25) is 0 Å². The van der Waals surface area contributed by atoms with E-state index in [-0.39, 0.29) is 24.8 Å². The van der Waals surface area contributed by atoms with Crippen LogP contribution in [0.4, 0.5) is 5.69 Å². The van der Waals surface area contributed by atoms with Crippen molar-refractivity contribution in [3.8, 4) is 0 Å². The third kappa shape index (κ3) is 4.29. The Labute approximate surface area is 124 Å². The van der Waals surface area contributed by atoms with Crippen LogP contribution < -0.4 is 4.90 Å². The largest absolute Gasteiger partial charge is 0.481 e. The summed E-state index contributed by atoms with van der Waals surface area (Å²) in [4.78, 5) is 25.1. The van der Waals surface area contributed by atoms with Gasteiger partial charge in [0.05, 0.1) is 18.9 Å². The first-order valence-corrected chi connectivity index (χ1v) is 7.25. The van der Waals surface area contributed by atoms with Crippen LogP contribution in [-0.2, 0) is 14.3 Å². The van der Waals surface area contributed by atoms with Crippen molar-refractivity contribution in [3.63, 3.8) is 0 Å². The summed E-state index contributed by atoms with van der Waals surface area (Å²) < 4.78 is 5.37. The summed E-state index contributed by atoms with van der Waals surface area (Å²) in [5, 5.41) is 8.88. The summed E-state index contributed by atoms with van der Waals surface area (Å²) >= 11 is 0. The summed E-state index contributed by atoms with van der Waals surface area (Å²) in [6.45, 7) is 3.29. The Hall–Kier alpha value is -1.88. The Balaban J connectivity index is 2.15. The molecule has 1 saturated heterocycles. The van der Waals surface area contributed by atoms with Crippen LogP contribution in [0.3, 0.4) is 0 Å². The zero-order valence-electron chi connectivity index (χ0n) is 12.2. The number of ether oxygens (including phenoxy) is 1. The van der Waals surface area contributed by atoms with E-state index in [1.807, 2.05) is 31.2 Å². The Morgan fingerprint density at radius 1 is 1.33 bits per heavy atom. The number of amides is 1. The lowest BCUT2D eigenvalue weighted by molar-refractivity contribution is -0.136. The summed E-state index contributed by atoms with van der Waals surface area (Å²) in [6, 6.07) is 7.57. The first-order chi connectivity index (χ1) is 10.1. The SMILES string of the molecule is Cc1ccc(N(CCC(=O)O)C(=O)C2CCCOC2)cc1. The van der Waals surface area contributed by atoms with E-state index in [2.05, 4.69) is 0 Å². The average Bonchev–Trinajstić information content (AvgIpc) is 2.49. The van der Waals surface area contributed by atoms with Crippen LogP contribution in [0, 0.1) is 12.8 Å². The number of carbonyl (C=O) groups excluding carboxylic acids is 1. The van der Waals surface area contributed by atoms with Crippen LogP contribution in [0.5, 0.6) is 0 Å². The van der Waals surface area contributed by atoms with Gasteiger partial charge in [-0.2, -0.15) is 0 Å². The molecular formula is C16H21NO4. The number of aryl methyl sites for hydroxylation is 1. The number of aliphatic carboxylic acids is 1. The van der Waals surface area contributed by atoms with E-state index in [1.165, 1.54) is 0 Å². The Kier molecular flexibility index (Phi) is 5.33. The van der Waals surface area contributed by atoms with Gasteiger partial charge in [-0.1, -0.05) is 17.7 Å². The summed E-state index contributed by atoms with van der Waals surface area (Å²) in [7, 11) is 0. The molecule has 1 unspecified atom stereocenters. The molecule has 5 heteroatoms. The maximum Gasteiger partial charge on any atom is 0.305 e. The minimum Gasteiger partial charge on any atom is -0.481 e. The molecule has 5 nitrogen and oxygen atoms in total. The Morgan fingerprint density at radius 2 is 2.05 bits per heavy atom. The number of benzene rings is 1. The van der Waals surface area contributed by atoms with Gasteiger partial charge < -0.3 is 14.7 Å². The van der Waals surface area contributed by atoms with Crippen molar-refractivity contribution in [2.75, 3.05) is 24.7 Å². The topological polar surface area (TPSA) is 66.8 Å². The van der Waals surface area contributed by atoms with Crippen molar-refractivity contribution in [2.45, 2.75) is 26.2 Å². The van der Waals surface area contributed by atoms with Crippen molar-refractivity contribution >= 4 is 17.6 Å². The fraction of sp³-hybridized carbons (Fsp3) is 0.500. The van der Waals surface area contributed by atoms with Crippen LogP contribution in [0.15, 0.2) is 24.3 Å². The molecule has 114 valence electrons. The second-order valence-corrected chi connectivity index (χ2v) is 5.38. The van der Waals surface area contributed by atoms with Crippen LogP contribution >= 0.6 is 0 Å². The molecule has 0 aliphatic carbocycles. The van der Waals surface area contributed by atoms with Gasteiger partial charge in [-0.15, -0.1) is 0 Å². The average molecular weight is 291 g/mol. The van der Waals surface area contributed by atoms with Gasteiger partial charge in [0.2, 0.25) is 5.91 Å². The highest BCUT2D eigenvalue weighted by Crippen LogP contribution is 2.22. The number of carbonyl (C=O) groups is 2. The van der Waals surface area contributed by atoms with Crippen molar-refractivity contribution in [1.82, 2.24) is 0 Å². The van der Waals surface area contributed by atoms with Crippen LogP contribution in [0.25, 0.3) is 0 Å². The van der Waals surface area contributed by atoms with E-state index in [0.717, 1.165) is 24.1 Å². The van der Waals surface area contributed by atoms with E-state index in [4.69, 9.17) is 9.84 Å². The number of hydrogen-bond donors (Lipinski definition) is 1. The molecule has 2 rings (SSSR count). The van der Waals surface area contributed by atoms with Crippen LogP contribution in [0.1, 0.15) is 24.8 Å². The number of nitrogens with zero attached hydrogens (tertiary/aromatic N) is 1. The maximum absolute atomic E-state index is 12.6. The first-order valence-electron chi connectivity index (χ1n) is 7.25. The molecule has 1 heterocycles. The fourth-order valence-electron chi connectivity index (χ4n) is 2.45. The van der Waals surface area contributed by atoms with Crippen molar-refractivity contribution in [1.29, 1.82) is 0 Å². The number of hydrogen-bond acceptors (Lipinski definition) is 3. The molecule has 1 amide bonds. The Morgan fingerprint density at radius 3 is 2.62 bits per heavy atom. The molecule has 0 saturated carbocycles. The normalized spacial score (nSPS) is 18.2. The lowest BCUT2D eigenvalue weighted by atomic mass is 10.00. The zero-order chi connectivity index (χ0) is 15.2. The number of carboxylic acid groups (broad SMARTS) is 1. The molecule has 1 aromatic rings. The van der Waals surface area contributed by atoms with Gasteiger partial charge in [-0.25, -0.2) is 0 Å². The van der Waals surface area contributed by atoms with Gasteiger partial charge in [0.25, 0.3) is 0 Å². The standard InChI is InChI=1S/C16H21NO4/c1-12-4-6-14(7-5-12)17(9-8-15(18)19)16(20)13-3-2-10-21-11-13/h4-7,13H,2-3,8-11H2,1H3,(H,18,19). The van der Waals surface area contributed by atoms with E-state index >= 15 is 0 Å². The molecule has 21 heavy (non-hydrogen) atoms. The molecule has 0 bridgehead atoms. The minimum atomic E-state index is -0.903. The lowest BCUT2D eigenvalue weighted by Gasteiger charge is -2.29. The lowest BCUT2D eigenvalue weighted by Crippen LogP contribution is -2.40. The molecule has 1 fully saturated rings. The smallest absolute Gasteiger partial charge is 0.305 e. The van der Waals surface area contributed by atoms with Crippen molar-refractivity contribution in [2.24, 2.45) is 5.92 Å². The predicted octanol–water partition coefficient (Wildman–Crippen LogP) is 2.23. The molecule has 0 spiro atoms. The third-order valence-electron chi connectivity index (χ3n) is 3.67. The first kappa shape index (κ1) is 15.5. The molecule has 1 aliphatic rings. The third-order valence-corrected chi connectivity index (χ3v) is 3.67.